The summed E-state index contributed by atoms with van der Waals surface area (Å²) in [6.45, 7) is 2.32. The topological polar surface area (TPSA) is 88.9 Å². The van der Waals surface area contributed by atoms with E-state index >= 15 is 0 Å². The standard InChI is InChI=1S/C20H28N2O5S/c1-3-28(24,25)22(2)12-6-11-21-20(23)14-26-15-9-10-19-17(13-15)16-7-4-5-8-18(16)27-19/h9-10,13H,3-8,11-12,14H2,1-2H3,(H,21,23). The van der Waals surface area contributed by atoms with Crippen molar-refractivity contribution in [2.45, 2.75) is 39.0 Å². The minimum absolute atomic E-state index is 0.0748. The van der Waals surface area contributed by atoms with Gasteiger partial charge in [-0.1, -0.05) is 0 Å². The fourth-order valence-electron chi connectivity index (χ4n) is 3.42. The lowest BCUT2D eigenvalue weighted by molar-refractivity contribution is -0.123. The largest absolute Gasteiger partial charge is 0.484 e. The van der Waals surface area contributed by atoms with E-state index in [0.717, 1.165) is 36.0 Å². The molecule has 3 rings (SSSR count). The number of carbonyl (C=O) groups excluding carboxylic acids is 1. The second kappa shape index (κ2) is 8.96. The molecule has 1 N–H and O–H groups in total. The molecule has 0 unspecified atom stereocenters. The molecule has 8 heteroatoms. The van der Waals surface area contributed by atoms with E-state index in [9.17, 15) is 13.2 Å². The Morgan fingerprint density at radius 2 is 2.07 bits per heavy atom. The van der Waals surface area contributed by atoms with Crippen molar-refractivity contribution >= 4 is 26.9 Å². The highest BCUT2D eigenvalue weighted by atomic mass is 32.2. The van der Waals surface area contributed by atoms with Crippen molar-refractivity contribution in [1.82, 2.24) is 9.62 Å². The highest BCUT2D eigenvalue weighted by Crippen LogP contribution is 2.33. The third-order valence-corrected chi connectivity index (χ3v) is 6.97. The molecule has 1 aliphatic rings. The van der Waals surface area contributed by atoms with Crippen LogP contribution in [0.25, 0.3) is 11.0 Å². The van der Waals surface area contributed by atoms with Crippen molar-refractivity contribution in [1.29, 1.82) is 0 Å². The molecule has 0 spiro atoms. The van der Waals surface area contributed by atoms with E-state index in [4.69, 9.17) is 9.15 Å². The predicted octanol–water partition coefficient (Wildman–Crippen LogP) is 2.48. The molecule has 7 nitrogen and oxygen atoms in total. The quantitative estimate of drug-likeness (QED) is 0.644. The minimum atomic E-state index is -3.18. The van der Waals surface area contributed by atoms with E-state index in [1.54, 1.807) is 14.0 Å². The Balaban J connectivity index is 1.46. The molecule has 0 atom stereocenters. The van der Waals surface area contributed by atoms with Gasteiger partial charge in [0.25, 0.3) is 5.91 Å². The van der Waals surface area contributed by atoms with Crippen LogP contribution in [0.15, 0.2) is 22.6 Å². The van der Waals surface area contributed by atoms with Gasteiger partial charge in [0, 0.05) is 37.5 Å². The van der Waals surface area contributed by atoms with Gasteiger partial charge in [0.1, 0.15) is 17.1 Å². The molecule has 154 valence electrons. The number of nitrogens with zero attached hydrogens (tertiary/aromatic N) is 1. The van der Waals surface area contributed by atoms with Crippen LogP contribution >= 0.6 is 0 Å². The van der Waals surface area contributed by atoms with E-state index in [2.05, 4.69) is 5.32 Å². The number of fused-ring (bicyclic) bond motifs is 3. The number of rotatable bonds is 9. The third kappa shape index (κ3) is 4.86. The molecule has 0 bridgehead atoms. The van der Waals surface area contributed by atoms with Crippen molar-refractivity contribution in [2.24, 2.45) is 0 Å². The summed E-state index contributed by atoms with van der Waals surface area (Å²) in [7, 11) is -1.63. The lowest BCUT2D eigenvalue weighted by Gasteiger charge is -2.15. The number of furan rings is 1. The summed E-state index contributed by atoms with van der Waals surface area (Å²) in [4.78, 5) is 12.0. The summed E-state index contributed by atoms with van der Waals surface area (Å²) in [5.41, 5.74) is 2.14. The zero-order chi connectivity index (χ0) is 20.1. The maximum absolute atomic E-state index is 12.0. The van der Waals surface area contributed by atoms with Crippen molar-refractivity contribution in [3.05, 3.63) is 29.5 Å². The van der Waals surface area contributed by atoms with Gasteiger partial charge in [-0.2, -0.15) is 0 Å². The molecular weight excluding hydrogens is 380 g/mol. The number of carbonyl (C=O) groups is 1. The average Bonchev–Trinajstić information content (AvgIpc) is 3.07. The molecule has 1 aromatic carbocycles. The van der Waals surface area contributed by atoms with Gasteiger partial charge in [0.2, 0.25) is 10.0 Å². The predicted molar refractivity (Wildman–Crippen MR) is 108 cm³/mol. The van der Waals surface area contributed by atoms with E-state index < -0.39 is 10.0 Å². The number of hydrogen-bond acceptors (Lipinski definition) is 5. The van der Waals surface area contributed by atoms with Gasteiger partial charge in [0.15, 0.2) is 6.61 Å². The molecule has 0 radical (unpaired) electrons. The first-order valence-electron chi connectivity index (χ1n) is 9.78. The number of amides is 1. The molecule has 0 fully saturated rings. The smallest absolute Gasteiger partial charge is 0.257 e. The van der Waals surface area contributed by atoms with Crippen LogP contribution in [0.4, 0.5) is 0 Å². The van der Waals surface area contributed by atoms with Crippen molar-refractivity contribution in [3.8, 4) is 5.75 Å². The molecule has 2 aromatic rings. The summed E-state index contributed by atoms with van der Waals surface area (Å²) in [6.07, 6.45) is 4.89. The Morgan fingerprint density at radius 1 is 1.29 bits per heavy atom. The normalized spacial score (nSPS) is 14.2. The lowest BCUT2D eigenvalue weighted by Crippen LogP contribution is -2.34. The number of sulfonamides is 1. The van der Waals surface area contributed by atoms with E-state index in [1.807, 2.05) is 18.2 Å². The Labute approximate surface area is 166 Å². The summed E-state index contributed by atoms with van der Waals surface area (Å²) in [5, 5.41) is 3.83. The van der Waals surface area contributed by atoms with Gasteiger partial charge >= 0.3 is 0 Å². The first-order valence-corrected chi connectivity index (χ1v) is 11.4. The lowest BCUT2D eigenvalue weighted by atomic mass is 9.96. The zero-order valence-corrected chi connectivity index (χ0v) is 17.3. The van der Waals surface area contributed by atoms with Crippen LogP contribution in [0, 0.1) is 0 Å². The Kier molecular flexibility index (Phi) is 6.61. The number of hydrogen-bond donors (Lipinski definition) is 1. The molecular formula is C20H28N2O5S. The zero-order valence-electron chi connectivity index (χ0n) is 16.5. The average molecular weight is 409 g/mol. The summed E-state index contributed by atoms with van der Waals surface area (Å²) in [6, 6.07) is 5.65. The van der Waals surface area contributed by atoms with Crippen LogP contribution in [-0.4, -0.2) is 51.1 Å². The monoisotopic (exact) mass is 408 g/mol. The van der Waals surface area contributed by atoms with Gasteiger partial charge in [-0.3, -0.25) is 4.79 Å². The fraction of sp³-hybridized carbons (Fsp3) is 0.550. The molecule has 0 saturated carbocycles. The minimum Gasteiger partial charge on any atom is -0.484 e. The maximum atomic E-state index is 12.0. The molecule has 1 aliphatic carbocycles. The van der Waals surface area contributed by atoms with Gasteiger partial charge in [0.05, 0.1) is 5.75 Å². The number of benzene rings is 1. The highest BCUT2D eigenvalue weighted by molar-refractivity contribution is 7.89. The maximum Gasteiger partial charge on any atom is 0.257 e. The van der Waals surface area contributed by atoms with Crippen molar-refractivity contribution < 1.29 is 22.4 Å². The van der Waals surface area contributed by atoms with Crippen molar-refractivity contribution in [3.63, 3.8) is 0 Å². The van der Waals surface area contributed by atoms with Crippen LogP contribution in [0.5, 0.6) is 5.75 Å². The third-order valence-electron chi connectivity index (χ3n) is 5.11. The SMILES string of the molecule is CCS(=O)(=O)N(C)CCCNC(=O)COc1ccc2oc3c(c2c1)CCCC3. The van der Waals surface area contributed by atoms with Crippen LogP contribution in [-0.2, 0) is 27.7 Å². The molecule has 28 heavy (non-hydrogen) atoms. The second-order valence-corrected chi connectivity index (χ2v) is 9.45. The Hall–Kier alpha value is -2.06. The fourth-order valence-corrected chi connectivity index (χ4v) is 4.27. The first kappa shape index (κ1) is 20.7. The summed E-state index contributed by atoms with van der Waals surface area (Å²) < 4.78 is 36.2. The molecule has 0 aliphatic heterocycles. The highest BCUT2D eigenvalue weighted by Gasteiger charge is 2.18. The number of ether oxygens (including phenoxy) is 1. The van der Waals surface area contributed by atoms with Gasteiger partial charge in [-0.05, 0) is 50.8 Å². The molecule has 1 heterocycles. The number of nitrogens with one attached hydrogen (secondary N) is 1. The van der Waals surface area contributed by atoms with Gasteiger partial charge in [-0.25, -0.2) is 12.7 Å². The summed E-state index contributed by atoms with van der Waals surface area (Å²) >= 11 is 0. The van der Waals surface area contributed by atoms with Crippen LogP contribution < -0.4 is 10.1 Å². The Morgan fingerprint density at radius 3 is 2.86 bits per heavy atom. The van der Waals surface area contributed by atoms with Gasteiger partial charge < -0.3 is 14.5 Å². The first-order chi connectivity index (χ1) is 13.4. The van der Waals surface area contributed by atoms with Gasteiger partial charge in [-0.15, -0.1) is 0 Å². The van der Waals surface area contributed by atoms with E-state index in [1.165, 1.54) is 16.3 Å². The Bertz CT molecular complexity index is 935. The number of aryl methyl sites for hydroxylation is 2. The van der Waals surface area contributed by atoms with Crippen LogP contribution in [0.3, 0.4) is 0 Å². The summed E-state index contributed by atoms with van der Waals surface area (Å²) in [5.74, 6) is 1.57. The molecule has 0 saturated heterocycles. The van der Waals surface area contributed by atoms with Crippen LogP contribution in [0.1, 0.15) is 37.5 Å². The van der Waals surface area contributed by atoms with E-state index in [-0.39, 0.29) is 18.3 Å². The van der Waals surface area contributed by atoms with Crippen LogP contribution in [0.2, 0.25) is 0 Å². The van der Waals surface area contributed by atoms with Crippen molar-refractivity contribution in [2.75, 3.05) is 32.5 Å². The molecule has 1 amide bonds. The molecule has 1 aromatic heterocycles. The second-order valence-electron chi connectivity index (χ2n) is 7.08. The van der Waals surface area contributed by atoms with E-state index in [0.29, 0.717) is 25.3 Å².